The quantitative estimate of drug-likeness (QED) is 0.540. The summed E-state index contributed by atoms with van der Waals surface area (Å²) in [5.41, 5.74) is 2.50. The zero-order valence-electron chi connectivity index (χ0n) is 12.7. The molecular weight excluding hydrogens is 316 g/mol. The molecule has 0 atom stereocenters. The monoisotopic (exact) mass is 332 g/mol. The molecule has 1 N–H and O–H groups in total. The molecule has 0 amide bonds. The lowest BCUT2D eigenvalue weighted by Crippen LogP contribution is -2.28. The standard InChI is InChI=1S/C9H8N2O.C7H8O3S/c1-11-6-5-10-7-3-2-4-8(12)9(7)11;1-6-2-4-7(5-3-6)11(8,9)10/h2-6H,1H3;2-5H,1H3,(H,8,9,10). The van der Waals surface area contributed by atoms with E-state index in [1.807, 2.05) is 30.8 Å². The van der Waals surface area contributed by atoms with Gasteiger partial charge in [-0.3, -0.25) is 0 Å². The smallest absolute Gasteiger partial charge is 0.273 e. The minimum Gasteiger partial charge on any atom is -0.744 e. The van der Waals surface area contributed by atoms with Crippen LogP contribution in [0.25, 0.3) is 11.0 Å². The molecule has 2 aromatic carbocycles. The second kappa shape index (κ2) is 6.72. The van der Waals surface area contributed by atoms with Crippen LogP contribution in [-0.2, 0) is 17.2 Å². The molecule has 0 bridgehead atoms. The van der Waals surface area contributed by atoms with Gasteiger partial charge in [-0.05, 0) is 31.2 Å². The van der Waals surface area contributed by atoms with Gasteiger partial charge in [0.15, 0.2) is 11.9 Å². The minimum atomic E-state index is -4.27. The van der Waals surface area contributed by atoms with E-state index < -0.39 is 10.1 Å². The molecule has 0 unspecified atom stereocenters. The Hall–Kier alpha value is -2.51. The third-order valence-corrected chi connectivity index (χ3v) is 4.01. The van der Waals surface area contributed by atoms with Gasteiger partial charge in [-0.15, -0.1) is 0 Å². The number of aromatic nitrogens is 2. The van der Waals surface area contributed by atoms with Gasteiger partial charge in [0.05, 0.1) is 11.1 Å². The summed E-state index contributed by atoms with van der Waals surface area (Å²) in [7, 11) is -2.39. The van der Waals surface area contributed by atoms with E-state index in [1.165, 1.54) is 12.1 Å². The molecule has 0 aliphatic carbocycles. The first-order valence-electron chi connectivity index (χ1n) is 6.74. The highest BCUT2D eigenvalue weighted by molar-refractivity contribution is 7.85. The van der Waals surface area contributed by atoms with E-state index in [9.17, 15) is 18.1 Å². The number of phenols is 1. The summed E-state index contributed by atoms with van der Waals surface area (Å²) in [6.07, 6.45) is 3.52. The Balaban J connectivity index is 0.000000168. The van der Waals surface area contributed by atoms with Gasteiger partial charge in [0.1, 0.15) is 22.7 Å². The molecule has 1 aromatic heterocycles. The van der Waals surface area contributed by atoms with E-state index in [0.717, 1.165) is 16.6 Å². The molecule has 3 aromatic rings. The van der Waals surface area contributed by atoms with Crippen LogP contribution in [0.5, 0.6) is 5.75 Å². The van der Waals surface area contributed by atoms with Crippen molar-refractivity contribution >= 4 is 21.2 Å². The molecule has 0 aliphatic rings. The highest BCUT2D eigenvalue weighted by Gasteiger charge is 2.08. The summed E-state index contributed by atoms with van der Waals surface area (Å²) in [6, 6.07) is 11.1. The van der Waals surface area contributed by atoms with Crippen molar-refractivity contribution in [1.29, 1.82) is 0 Å². The van der Waals surface area contributed by atoms with Gasteiger partial charge >= 0.3 is 0 Å². The second-order valence-corrected chi connectivity index (χ2v) is 6.33. The third kappa shape index (κ3) is 4.24. The van der Waals surface area contributed by atoms with E-state index in [0.29, 0.717) is 0 Å². The topological polar surface area (TPSA) is 94.2 Å². The van der Waals surface area contributed by atoms with Gasteiger partial charge in [-0.25, -0.2) is 13.4 Å². The Kier molecular flexibility index (Phi) is 4.92. The van der Waals surface area contributed by atoms with Crippen molar-refractivity contribution < 1.29 is 22.6 Å². The first-order valence-corrected chi connectivity index (χ1v) is 8.15. The number of aromatic hydroxyl groups is 1. The Morgan fingerprint density at radius 2 is 1.78 bits per heavy atom. The zero-order chi connectivity index (χ0) is 17.0. The van der Waals surface area contributed by atoms with Gasteiger partial charge in [-0.1, -0.05) is 23.8 Å². The van der Waals surface area contributed by atoms with Crippen LogP contribution in [0, 0.1) is 6.92 Å². The van der Waals surface area contributed by atoms with E-state index >= 15 is 0 Å². The normalized spacial score (nSPS) is 10.9. The lowest BCUT2D eigenvalue weighted by atomic mass is 10.2. The molecule has 1 heterocycles. The molecule has 0 saturated carbocycles. The van der Waals surface area contributed by atoms with Gasteiger partial charge in [0.25, 0.3) is 5.52 Å². The SMILES string of the molecule is C[n+]1ccnc2cccc(O)c21.Cc1ccc(S(=O)(=O)[O-])cc1. The van der Waals surface area contributed by atoms with Crippen LogP contribution in [-0.4, -0.2) is 23.1 Å². The lowest BCUT2D eigenvalue weighted by molar-refractivity contribution is -0.645. The largest absolute Gasteiger partial charge is 0.744 e. The number of hydrogen-bond donors (Lipinski definition) is 1. The second-order valence-electron chi connectivity index (χ2n) is 4.95. The molecule has 0 radical (unpaired) electrons. The van der Waals surface area contributed by atoms with Gasteiger partial charge in [0, 0.05) is 0 Å². The fraction of sp³-hybridized carbons (Fsp3) is 0.125. The Morgan fingerprint density at radius 3 is 2.35 bits per heavy atom. The fourth-order valence-corrected chi connectivity index (χ4v) is 2.45. The average Bonchev–Trinajstić information content (AvgIpc) is 2.48. The maximum absolute atomic E-state index is 10.4. The van der Waals surface area contributed by atoms with E-state index in [2.05, 4.69) is 4.98 Å². The predicted molar refractivity (Wildman–Crippen MR) is 83.7 cm³/mol. The number of phenolic OH excluding ortho intramolecular Hbond substituents is 1. The molecule has 0 saturated heterocycles. The molecule has 3 rings (SSSR count). The molecule has 120 valence electrons. The molecule has 0 fully saturated rings. The minimum absolute atomic E-state index is 0.178. The van der Waals surface area contributed by atoms with Crippen molar-refractivity contribution in [2.45, 2.75) is 11.8 Å². The summed E-state index contributed by atoms with van der Waals surface area (Å²) < 4.78 is 33.0. The number of benzene rings is 2. The molecular formula is C16H16N2O4S. The molecule has 7 heteroatoms. The Bertz CT molecular complexity index is 886. The summed E-state index contributed by atoms with van der Waals surface area (Å²) in [6.45, 7) is 1.82. The van der Waals surface area contributed by atoms with E-state index in [1.54, 1.807) is 30.5 Å². The predicted octanol–water partition coefficient (Wildman–Crippen LogP) is 1.66. The molecule has 0 spiro atoms. The van der Waals surface area contributed by atoms with Crippen LogP contribution in [0.2, 0.25) is 0 Å². The number of fused-ring (bicyclic) bond motifs is 1. The van der Waals surface area contributed by atoms with Crippen molar-refractivity contribution in [2.75, 3.05) is 0 Å². The Labute approximate surface area is 134 Å². The van der Waals surface area contributed by atoms with Crippen molar-refractivity contribution in [3.63, 3.8) is 0 Å². The highest BCUT2D eigenvalue weighted by atomic mass is 32.2. The van der Waals surface area contributed by atoms with Crippen molar-refractivity contribution in [2.24, 2.45) is 7.05 Å². The van der Waals surface area contributed by atoms with Gasteiger partial charge in [-0.2, -0.15) is 4.57 Å². The number of para-hydroxylation sites is 1. The van der Waals surface area contributed by atoms with Gasteiger partial charge < -0.3 is 9.66 Å². The van der Waals surface area contributed by atoms with Crippen LogP contribution in [0.4, 0.5) is 0 Å². The van der Waals surface area contributed by atoms with Crippen LogP contribution in [0.15, 0.2) is 59.8 Å². The van der Waals surface area contributed by atoms with Crippen LogP contribution in [0.3, 0.4) is 0 Å². The lowest BCUT2D eigenvalue weighted by Gasteiger charge is -2.05. The highest BCUT2D eigenvalue weighted by Crippen LogP contribution is 2.17. The first-order chi connectivity index (χ1) is 10.8. The van der Waals surface area contributed by atoms with Crippen LogP contribution < -0.4 is 4.57 Å². The van der Waals surface area contributed by atoms with Crippen molar-refractivity contribution in [3.05, 3.63) is 60.4 Å². The maximum Gasteiger partial charge on any atom is 0.273 e. The summed E-state index contributed by atoms with van der Waals surface area (Å²) in [5, 5.41) is 9.49. The van der Waals surface area contributed by atoms with Gasteiger partial charge in [0.2, 0.25) is 0 Å². The zero-order valence-corrected chi connectivity index (χ0v) is 13.5. The molecule has 0 aliphatic heterocycles. The third-order valence-electron chi connectivity index (χ3n) is 3.16. The summed E-state index contributed by atoms with van der Waals surface area (Å²) in [4.78, 5) is 3.94. The van der Waals surface area contributed by atoms with E-state index in [4.69, 9.17) is 0 Å². The maximum atomic E-state index is 10.4. The van der Waals surface area contributed by atoms with E-state index in [-0.39, 0.29) is 10.6 Å². The summed E-state index contributed by atoms with van der Waals surface area (Å²) >= 11 is 0. The van der Waals surface area contributed by atoms with Crippen LogP contribution >= 0.6 is 0 Å². The average molecular weight is 332 g/mol. The number of aryl methyl sites for hydroxylation is 2. The van der Waals surface area contributed by atoms with Crippen molar-refractivity contribution in [1.82, 2.24) is 4.98 Å². The number of hydrogen-bond acceptors (Lipinski definition) is 5. The number of nitrogens with zero attached hydrogens (tertiary/aromatic N) is 2. The fourth-order valence-electron chi connectivity index (χ4n) is 1.98. The molecule has 23 heavy (non-hydrogen) atoms. The summed E-state index contributed by atoms with van der Waals surface area (Å²) in [5.74, 6) is 0.267. The Morgan fingerprint density at radius 1 is 1.13 bits per heavy atom. The van der Waals surface area contributed by atoms with Crippen molar-refractivity contribution in [3.8, 4) is 5.75 Å². The molecule has 6 nitrogen and oxygen atoms in total. The van der Waals surface area contributed by atoms with Crippen LogP contribution in [0.1, 0.15) is 5.56 Å². The number of rotatable bonds is 1. The first kappa shape index (κ1) is 16.9.